The summed E-state index contributed by atoms with van der Waals surface area (Å²) >= 11 is 0. The van der Waals surface area contributed by atoms with Crippen molar-refractivity contribution in [1.29, 1.82) is 0 Å². The molecule has 0 bridgehead atoms. The Morgan fingerprint density at radius 3 is 2.75 bits per heavy atom. The van der Waals surface area contributed by atoms with E-state index in [1.54, 1.807) is 19.3 Å². The van der Waals surface area contributed by atoms with Gasteiger partial charge in [-0.3, -0.25) is 19.5 Å². The monoisotopic (exact) mass is 432 g/mol. The fraction of sp³-hybridized carbons (Fsp3) is 0.417. The van der Waals surface area contributed by atoms with Gasteiger partial charge in [0.25, 0.3) is 11.5 Å². The molecule has 5 heterocycles. The van der Waals surface area contributed by atoms with Gasteiger partial charge in [0.15, 0.2) is 0 Å². The molecule has 8 nitrogen and oxygen atoms in total. The number of fused-ring (bicyclic) bond motifs is 1. The van der Waals surface area contributed by atoms with Crippen molar-refractivity contribution in [2.45, 2.75) is 26.3 Å². The number of carbonyl (C=O) groups is 1. The van der Waals surface area contributed by atoms with Crippen LogP contribution in [-0.2, 0) is 13.0 Å². The third kappa shape index (κ3) is 3.75. The van der Waals surface area contributed by atoms with Crippen LogP contribution >= 0.6 is 0 Å². The van der Waals surface area contributed by atoms with E-state index in [4.69, 9.17) is 0 Å². The normalized spacial score (nSPS) is 17.6. The Labute approximate surface area is 186 Å². The molecule has 166 valence electrons. The van der Waals surface area contributed by atoms with Crippen molar-refractivity contribution in [1.82, 2.24) is 25.2 Å². The molecule has 0 aliphatic carbocycles. The molecule has 2 fully saturated rings. The van der Waals surface area contributed by atoms with Crippen LogP contribution in [0.5, 0.6) is 0 Å². The second-order valence-corrected chi connectivity index (χ2v) is 9.05. The molecule has 3 aromatic rings. The lowest BCUT2D eigenvalue weighted by Crippen LogP contribution is -2.56. The van der Waals surface area contributed by atoms with Gasteiger partial charge in [-0.15, -0.1) is 0 Å². The van der Waals surface area contributed by atoms with Crippen LogP contribution in [0.25, 0.3) is 11.0 Å². The highest BCUT2D eigenvalue weighted by Gasteiger charge is 2.47. The number of carbonyl (C=O) groups excluding carboxylic acids is 1. The van der Waals surface area contributed by atoms with Gasteiger partial charge in [-0.1, -0.05) is 6.92 Å². The summed E-state index contributed by atoms with van der Waals surface area (Å²) in [5.41, 5.74) is 5.34. The van der Waals surface area contributed by atoms with Gasteiger partial charge in [-0.2, -0.15) is 0 Å². The molecule has 2 N–H and O–H groups in total. The molecule has 0 radical (unpaired) electrons. The molecule has 0 saturated carbocycles. The number of H-pyrrole nitrogens is 1. The van der Waals surface area contributed by atoms with Crippen molar-refractivity contribution in [3.8, 4) is 0 Å². The zero-order chi connectivity index (χ0) is 22.3. The Kier molecular flexibility index (Phi) is 5.17. The predicted molar refractivity (Wildman–Crippen MR) is 124 cm³/mol. The van der Waals surface area contributed by atoms with E-state index < -0.39 is 0 Å². The number of amides is 1. The predicted octanol–water partition coefficient (Wildman–Crippen LogP) is 1.95. The topological polar surface area (TPSA) is 94.2 Å². The molecule has 0 atom stereocenters. The fourth-order valence-electron chi connectivity index (χ4n) is 5.04. The summed E-state index contributed by atoms with van der Waals surface area (Å²) < 4.78 is 0. The number of nitrogens with one attached hydrogen (secondary N) is 2. The minimum absolute atomic E-state index is 0.0225. The maximum atomic E-state index is 12.1. The highest BCUT2D eigenvalue weighted by molar-refractivity contribution is 5.92. The molecule has 8 heteroatoms. The number of aromatic nitrogens is 3. The highest BCUT2D eigenvalue weighted by atomic mass is 16.1. The lowest BCUT2D eigenvalue weighted by Gasteiger charge is -2.48. The Morgan fingerprint density at radius 2 is 2.03 bits per heavy atom. The van der Waals surface area contributed by atoms with E-state index in [1.807, 2.05) is 25.3 Å². The first-order chi connectivity index (χ1) is 15.5. The van der Waals surface area contributed by atoms with Crippen molar-refractivity contribution in [2.75, 3.05) is 38.1 Å². The molecule has 1 amide bonds. The van der Waals surface area contributed by atoms with Gasteiger partial charge in [0, 0.05) is 56.9 Å². The first kappa shape index (κ1) is 20.6. The van der Waals surface area contributed by atoms with E-state index in [9.17, 15) is 9.59 Å². The Hall–Kier alpha value is -3.26. The highest BCUT2D eigenvalue weighted by Crippen LogP contribution is 2.41. The first-order valence-electron chi connectivity index (χ1n) is 11.1. The number of anilines is 1. The van der Waals surface area contributed by atoms with Crippen LogP contribution in [0.4, 0.5) is 5.69 Å². The fourth-order valence-corrected chi connectivity index (χ4v) is 5.04. The quantitative estimate of drug-likeness (QED) is 0.640. The lowest BCUT2D eigenvalue weighted by molar-refractivity contribution is 0.0116. The SMILES string of the molecule is CCc1cc2ncc(CN3CC4(CCN(c5ccc(C(=O)NC)nc5)C4)C3)cc2[nH]c1=O. The van der Waals surface area contributed by atoms with Gasteiger partial charge in [0.05, 0.1) is 22.9 Å². The van der Waals surface area contributed by atoms with E-state index in [-0.39, 0.29) is 11.5 Å². The zero-order valence-corrected chi connectivity index (χ0v) is 18.5. The van der Waals surface area contributed by atoms with E-state index in [0.29, 0.717) is 17.5 Å². The summed E-state index contributed by atoms with van der Waals surface area (Å²) in [4.78, 5) is 40.5. The van der Waals surface area contributed by atoms with Gasteiger partial charge < -0.3 is 15.2 Å². The molecular weight excluding hydrogens is 404 g/mol. The van der Waals surface area contributed by atoms with Crippen molar-refractivity contribution >= 4 is 22.6 Å². The Balaban J connectivity index is 1.21. The standard InChI is InChI=1S/C24H28N6O2/c1-3-17-9-20-21(28-22(17)31)8-16(10-26-20)12-29-13-24(14-29)6-7-30(15-24)18-4-5-19(27-11-18)23(32)25-2/h4-5,8-11H,3,6-7,12-15H2,1-2H3,(H,25,32)(H,28,31). The summed E-state index contributed by atoms with van der Waals surface area (Å²) in [6, 6.07) is 7.71. The lowest BCUT2D eigenvalue weighted by atomic mass is 9.79. The average molecular weight is 433 g/mol. The number of pyridine rings is 3. The molecule has 0 aromatic carbocycles. The van der Waals surface area contributed by atoms with E-state index in [0.717, 1.165) is 67.0 Å². The number of aromatic amines is 1. The van der Waals surface area contributed by atoms with Crippen molar-refractivity contribution in [3.63, 3.8) is 0 Å². The minimum atomic E-state index is -0.165. The first-order valence-corrected chi connectivity index (χ1v) is 11.1. The van der Waals surface area contributed by atoms with E-state index >= 15 is 0 Å². The van der Waals surface area contributed by atoms with Crippen molar-refractivity contribution in [2.24, 2.45) is 5.41 Å². The Bertz CT molecular complexity index is 1210. The molecule has 5 rings (SSSR count). The second kappa shape index (κ2) is 8.02. The summed E-state index contributed by atoms with van der Waals surface area (Å²) in [5.74, 6) is -0.165. The largest absolute Gasteiger partial charge is 0.370 e. The maximum Gasteiger partial charge on any atom is 0.269 e. The van der Waals surface area contributed by atoms with Crippen molar-refractivity contribution in [3.05, 3.63) is 63.8 Å². The van der Waals surface area contributed by atoms with Gasteiger partial charge in [0.2, 0.25) is 0 Å². The molecule has 2 saturated heterocycles. The summed E-state index contributed by atoms with van der Waals surface area (Å²) in [6.07, 6.45) is 5.58. The molecule has 2 aliphatic heterocycles. The number of nitrogens with zero attached hydrogens (tertiary/aromatic N) is 4. The Morgan fingerprint density at radius 1 is 1.19 bits per heavy atom. The smallest absolute Gasteiger partial charge is 0.269 e. The molecule has 1 spiro atoms. The maximum absolute atomic E-state index is 12.1. The zero-order valence-electron chi connectivity index (χ0n) is 18.5. The minimum Gasteiger partial charge on any atom is -0.370 e. The molecule has 32 heavy (non-hydrogen) atoms. The number of hydrogen-bond acceptors (Lipinski definition) is 6. The number of rotatable bonds is 5. The van der Waals surface area contributed by atoms with Crippen LogP contribution < -0.4 is 15.8 Å². The van der Waals surface area contributed by atoms with Crippen molar-refractivity contribution < 1.29 is 4.79 Å². The second-order valence-electron chi connectivity index (χ2n) is 9.05. The van der Waals surface area contributed by atoms with Crippen LogP contribution in [0.1, 0.15) is 35.0 Å². The van der Waals surface area contributed by atoms with Crippen LogP contribution in [0.3, 0.4) is 0 Å². The summed E-state index contributed by atoms with van der Waals surface area (Å²) in [5, 5.41) is 2.60. The van der Waals surface area contributed by atoms with Crippen LogP contribution in [0.2, 0.25) is 0 Å². The number of likely N-dealkylation sites (tertiary alicyclic amines) is 1. The molecule has 3 aromatic heterocycles. The summed E-state index contributed by atoms with van der Waals surface area (Å²) in [7, 11) is 1.61. The van der Waals surface area contributed by atoms with Gasteiger partial charge >= 0.3 is 0 Å². The number of aryl methyl sites for hydroxylation is 1. The summed E-state index contributed by atoms with van der Waals surface area (Å²) in [6.45, 7) is 6.93. The number of hydrogen-bond donors (Lipinski definition) is 2. The molecule has 2 aliphatic rings. The molecule has 0 unspecified atom stereocenters. The van der Waals surface area contributed by atoms with Crippen LogP contribution in [0, 0.1) is 5.41 Å². The van der Waals surface area contributed by atoms with Gasteiger partial charge in [-0.05, 0) is 42.7 Å². The van der Waals surface area contributed by atoms with Gasteiger partial charge in [0.1, 0.15) is 5.69 Å². The van der Waals surface area contributed by atoms with Crippen LogP contribution in [-0.4, -0.2) is 59.0 Å². The van der Waals surface area contributed by atoms with E-state index in [2.05, 4.69) is 36.1 Å². The average Bonchev–Trinajstić information content (AvgIpc) is 3.23. The van der Waals surface area contributed by atoms with Crippen LogP contribution in [0.15, 0.2) is 41.5 Å². The van der Waals surface area contributed by atoms with E-state index in [1.165, 1.54) is 0 Å². The van der Waals surface area contributed by atoms with Gasteiger partial charge in [-0.25, -0.2) is 4.98 Å². The third-order valence-corrected chi connectivity index (χ3v) is 6.74. The molecular formula is C24H28N6O2. The third-order valence-electron chi connectivity index (χ3n) is 6.74.